The molecule has 3 rings (SSSR count). The fourth-order valence-electron chi connectivity index (χ4n) is 3.78. The number of nitrogens with zero attached hydrogens (tertiary/aromatic N) is 1. The standard InChI is InChI=1S/C21H32N4O3S/c1-4-22-20(25-15-21(29(3,26)27)8-11-28-12-9-21)23-10-7-17-14-24-19-13-16(2)5-6-18(17)19/h5-6,13-14,24H,4,7-12,15H2,1-3H3,(H2,22,23,25). The van der Waals surface area contributed by atoms with Crippen molar-refractivity contribution in [2.24, 2.45) is 4.99 Å². The molecule has 0 saturated carbocycles. The average Bonchev–Trinajstić information content (AvgIpc) is 3.08. The summed E-state index contributed by atoms with van der Waals surface area (Å²) in [6.07, 6.45) is 5.19. The molecule has 1 aliphatic rings. The normalized spacial score (nSPS) is 17.4. The molecule has 160 valence electrons. The molecule has 2 aromatic rings. The van der Waals surface area contributed by atoms with E-state index < -0.39 is 14.6 Å². The van der Waals surface area contributed by atoms with Crippen molar-refractivity contribution in [3.63, 3.8) is 0 Å². The summed E-state index contributed by atoms with van der Waals surface area (Å²) >= 11 is 0. The van der Waals surface area contributed by atoms with Crippen LogP contribution >= 0.6 is 0 Å². The van der Waals surface area contributed by atoms with Crippen LogP contribution in [-0.4, -0.2) is 63.2 Å². The number of hydrogen-bond donors (Lipinski definition) is 3. The second-order valence-electron chi connectivity index (χ2n) is 7.80. The summed E-state index contributed by atoms with van der Waals surface area (Å²) in [7, 11) is -3.23. The number of hydrogen-bond acceptors (Lipinski definition) is 4. The van der Waals surface area contributed by atoms with Crippen LogP contribution < -0.4 is 10.6 Å². The number of benzene rings is 1. The molecule has 1 aromatic heterocycles. The highest BCUT2D eigenvalue weighted by Crippen LogP contribution is 2.29. The van der Waals surface area contributed by atoms with E-state index in [0.29, 0.717) is 45.1 Å². The molecule has 0 unspecified atom stereocenters. The van der Waals surface area contributed by atoms with Crippen molar-refractivity contribution in [3.05, 3.63) is 35.5 Å². The van der Waals surface area contributed by atoms with Crippen LogP contribution in [0.4, 0.5) is 0 Å². The van der Waals surface area contributed by atoms with Crippen molar-refractivity contribution in [3.8, 4) is 0 Å². The van der Waals surface area contributed by atoms with Gasteiger partial charge in [0.25, 0.3) is 0 Å². The van der Waals surface area contributed by atoms with Crippen molar-refractivity contribution in [2.75, 3.05) is 39.1 Å². The highest BCUT2D eigenvalue weighted by atomic mass is 32.2. The minimum Gasteiger partial charge on any atom is -0.381 e. The van der Waals surface area contributed by atoms with Gasteiger partial charge in [-0.05, 0) is 50.3 Å². The van der Waals surface area contributed by atoms with Crippen LogP contribution in [0.5, 0.6) is 0 Å². The highest BCUT2D eigenvalue weighted by molar-refractivity contribution is 7.92. The number of aromatic nitrogens is 1. The van der Waals surface area contributed by atoms with Crippen molar-refractivity contribution < 1.29 is 13.2 Å². The van der Waals surface area contributed by atoms with E-state index in [1.54, 1.807) is 0 Å². The SMILES string of the molecule is CCNC(=NCC1(S(C)(=O)=O)CCOCC1)NCCc1c[nH]c2cc(C)ccc12. The molecule has 0 amide bonds. The van der Waals surface area contributed by atoms with Gasteiger partial charge in [-0.3, -0.25) is 4.99 Å². The Bertz CT molecular complexity index is 959. The Morgan fingerprint density at radius 1 is 1.28 bits per heavy atom. The highest BCUT2D eigenvalue weighted by Gasteiger charge is 2.42. The monoisotopic (exact) mass is 420 g/mol. The minimum absolute atomic E-state index is 0.247. The molecule has 1 saturated heterocycles. The molecular formula is C21H32N4O3S. The number of sulfone groups is 1. The van der Waals surface area contributed by atoms with E-state index in [1.807, 2.05) is 6.92 Å². The van der Waals surface area contributed by atoms with E-state index in [0.717, 1.165) is 11.9 Å². The first-order chi connectivity index (χ1) is 13.8. The van der Waals surface area contributed by atoms with Crippen LogP contribution in [0.25, 0.3) is 10.9 Å². The maximum Gasteiger partial charge on any atom is 0.191 e. The fraction of sp³-hybridized carbons (Fsp3) is 0.571. The number of aromatic amines is 1. The lowest BCUT2D eigenvalue weighted by Crippen LogP contribution is -2.47. The van der Waals surface area contributed by atoms with E-state index in [9.17, 15) is 8.42 Å². The average molecular weight is 421 g/mol. The van der Waals surface area contributed by atoms with Crippen molar-refractivity contribution >= 4 is 26.7 Å². The lowest BCUT2D eigenvalue weighted by Gasteiger charge is -2.34. The summed E-state index contributed by atoms with van der Waals surface area (Å²) in [6, 6.07) is 6.42. The number of aryl methyl sites for hydroxylation is 1. The second kappa shape index (κ2) is 9.17. The van der Waals surface area contributed by atoms with Gasteiger partial charge in [-0.1, -0.05) is 12.1 Å². The van der Waals surface area contributed by atoms with Gasteiger partial charge >= 0.3 is 0 Å². The van der Waals surface area contributed by atoms with Gasteiger partial charge in [-0.15, -0.1) is 0 Å². The van der Waals surface area contributed by atoms with Gasteiger partial charge in [0.2, 0.25) is 0 Å². The lowest BCUT2D eigenvalue weighted by atomic mass is 9.99. The van der Waals surface area contributed by atoms with Crippen molar-refractivity contribution in [1.82, 2.24) is 15.6 Å². The van der Waals surface area contributed by atoms with Gasteiger partial charge in [0.05, 0.1) is 11.3 Å². The summed E-state index contributed by atoms with van der Waals surface area (Å²) in [5, 5.41) is 7.80. The van der Waals surface area contributed by atoms with Crippen molar-refractivity contribution in [1.29, 1.82) is 0 Å². The van der Waals surface area contributed by atoms with Crippen LogP contribution in [0, 0.1) is 6.92 Å². The number of fused-ring (bicyclic) bond motifs is 1. The van der Waals surface area contributed by atoms with Gasteiger partial charge < -0.3 is 20.4 Å². The third-order valence-electron chi connectivity index (χ3n) is 5.67. The topological polar surface area (TPSA) is 95.6 Å². The predicted octanol–water partition coefficient (Wildman–Crippen LogP) is 2.17. The molecule has 2 heterocycles. The zero-order chi connectivity index (χ0) is 20.9. The molecule has 0 radical (unpaired) electrons. The molecule has 8 heteroatoms. The number of aliphatic imine (C=N–C) groups is 1. The summed E-state index contributed by atoms with van der Waals surface area (Å²) in [6.45, 7) is 6.69. The quantitative estimate of drug-likeness (QED) is 0.471. The Morgan fingerprint density at radius 2 is 2.03 bits per heavy atom. The second-order valence-corrected chi connectivity index (χ2v) is 10.2. The molecule has 0 bridgehead atoms. The van der Waals surface area contributed by atoms with E-state index in [4.69, 9.17) is 4.74 Å². The van der Waals surface area contributed by atoms with E-state index in [1.165, 1.54) is 22.8 Å². The molecule has 0 atom stereocenters. The Balaban J connectivity index is 1.66. The molecular weight excluding hydrogens is 388 g/mol. The van der Waals surface area contributed by atoms with Gasteiger partial charge in [-0.25, -0.2) is 8.42 Å². The third-order valence-corrected chi connectivity index (χ3v) is 7.78. The van der Waals surface area contributed by atoms with E-state index in [2.05, 4.69) is 51.9 Å². The smallest absolute Gasteiger partial charge is 0.191 e. The molecule has 0 aliphatic carbocycles. The zero-order valence-electron chi connectivity index (χ0n) is 17.5. The van der Waals surface area contributed by atoms with Crippen LogP contribution in [0.1, 0.15) is 30.9 Å². The van der Waals surface area contributed by atoms with Crippen LogP contribution in [0.3, 0.4) is 0 Å². The summed E-state index contributed by atoms with van der Waals surface area (Å²) in [5.41, 5.74) is 3.63. The predicted molar refractivity (Wildman–Crippen MR) is 118 cm³/mol. The number of rotatable bonds is 7. The Hall–Kier alpha value is -2.06. The number of ether oxygens (including phenoxy) is 1. The van der Waals surface area contributed by atoms with Crippen molar-refractivity contribution in [2.45, 2.75) is 37.9 Å². The third kappa shape index (κ3) is 5.11. The molecule has 7 nitrogen and oxygen atoms in total. The number of nitrogens with one attached hydrogen (secondary N) is 3. The fourth-order valence-corrected chi connectivity index (χ4v) is 4.98. The molecule has 0 spiro atoms. The summed E-state index contributed by atoms with van der Waals surface area (Å²) in [5.74, 6) is 0.651. The van der Waals surface area contributed by atoms with E-state index in [-0.39, 0.29) is 6.54 Å². The number of guanidine groups is 1. The number of H-pyrrole nitrogens is 1. The van der Waals surface area contributed by atoms with Crippen LogP contribution in [0.15, 0.2) is 29.4 Å². The summed E-state index contributed by atoms with van der Waals surface area (Å²) < 4.78 is 29.4. The summed E-state index contributed by atoms with van der Waals surface area (Å²) in [4.78, 5) is 7.95. The maximum absolute atomic E-state index is 12.4. The first-order valence-electron chi connectivity index (χ1n) is 10.2. The van der Waals surface area contributed by atoms with Crippen LogP contribution in [0.2, 0.25) is 0 Å². The molecule has 1 fully saturated rings. The minimum atomic E-state index is -3.23. The first kappa shape index (κ1) is 21.6. The van der Waals surface area contributed by atoms with Gasteiger partial charge in [0.1, 0.15) is 0 Å². The Kier molecular flexibility index (Phi) is 6.85. The molecule has 29 heavy (non-hydrogen) atoms. The van der Waals surface area contributed by atoms with Gasteiger partial charge in [0, 0.05) is 49.7 Å². The lowest BCUT2D eigenvalue weighted by molar-refractivity contribution is 0.0768. The zero-order valence-corrected chi connectivity index (χ0v) is 18.4. The van der Waals surface area contributed by atoms with Crippen LogP contribution in [-0.2, 0) is 21.0 Å². The van der Waals surface area contributed by atoms with Gasteiger partial charge in [-0.2, -0.15) is 0 Å². The largest absolute Gasteiger partial charge is 0.381 e. The maximum atomic E-state index is 12.4. The van der Waals surface area contributed by atoms with Gasteiger partial charge in [0.15, 0.2) is 15.8 Å². The van der Waals surface area contributed by atoms with E-state index >= 15 is 0 Å². The molecule has 1 aliphatic heterocycles. The first-order valence-corrected chi connectivity index (χ1v) is 12.1. The molecule has 1 aromatic carbocycles. The Morgan fingerprint density at radius 3 is 2.72 bits per heavy atom. The Labute approximate surface area is 173 Å². The molecule has 3 N–H and O–H groups in total.